The Bertz CT molecular complexity index is 490. The number of hydrogen-bond donors (Lipinski definition) is 0. The fraction of sp³-hybridized carbons (Fsp3) is 0.467. The lowest BCUT2D eigenvalue weighted by molar-refractivity contribution is 0.0197. The highest BCUT2D eigenvalue weighted by Gasteiger charge is 2.33. The molecule has 101 valence electrons. The molecule has 0 aromatic heterocycles. The summed E-state index contributed by atoms with van der Waals surface area (Å²) in [7, 11) is 0. The van der Waals surface area contributed by atoms with Gasteiger partial charge in [-0.3, -0.25) is 9.69 Å². The fourth-order valence-corrected chi connectivity index (χ4v) is 2.21. The van der Waals surface area contributed by atoms with Crippen molar-refractivity contribution in [3.63, 3.8) is 0 Å². The van der Waals surface area contributed by atoms with Crippen LogP contribution in [0.3, 0.4) is 0 Å². The molecule has 0 N–H and O–H groups in total. The van der Waals surface area contributed by atoms with E-state index < -0.39 is 17.7 Å². The van der Waals surface area contributed by atoms with Gasteiger partial charge >= 0.3 is 6.09 Å². The molecule has 4 nitrogen and oxygen atoms in total. The Morgan fingerprint density at radius 1 is 1.37 bits per heavy atom. The maximum atomic E-state index is 12.1. The van der Waals surface area contributed by atoms with Gasteiger partial charge in [0.2, 0.25) is 6.29 Å². The predicted molar refractivity (Wildman–Crippen MR) is 71.5 cm³/mol. The van der Waals surface area contributed by atoms with Crippen LogP contribution in [0.25, 0.3) is 0 Å². The summed E-state index contributed by atoms with van der Waals surface area (Å²) in [6.07, 6.45) is 2.22. The van der Waals surface area contributed by atoms with Crippen molar-refractivity contribution < 1.29 is 14.3 Å². The molecular weight excluding hydrogens is 242 g/mol. The summed E-state index contributed by atoms with van der Waals surface area (Å²) < 4.78 is 5.33. The van der Waals surface area contributed by atoms with Crippen LogP contribution in [0.5, 0.6) is 0 Å². The van der Waals surface area contributed by atoms with Crippen molar-refractivity contribution in [3.8, 4) is 0 Å². The molecular formula is C15H18NO3. The standard InChI is InChI=1S/C15H18NO3/c1-15(2,3)19-14(18)16-9-8-11-6-4-5-7-12(11)13(16)10-17/h4-7,13H,8-9H2,1-3H3. The van der Waals surface area contributed by atoms with Gasteiger partial charge in [0, 0.05) is 6.54 Å². The average Bonchev–Trinajstić information content (AvgIpc) is 2.35. The smallest absolute Gasteiger partial charge is 0.411 e. The molecule has 1 radical (unpaired) electrons. The van der Waals surface area contributed by atoms with E-state index in [1.165, 1.54) is 4.90 Å². The minimum Gasteiger partial charge on any atom is -0.444 e. The van der Waals surface area contributed by atoms with Gasteiger partial charge in [-0.1, -0.05) is 24.3 Å². The molecule has 0 aliphatic carbocycles. The SMILES string of the molecule is CC(C)(C)OC(=O)N1CCc2ccccc2C1[C]=O. The zero-order chi connectivity index (χ0) is 14.0. The Morgan fingerprint density at radius 3 is 2.68 bits per heavy atom. The van der Waals surface area contributed by atoms with Gasteiger partial charge < -0.3 is 4.74 Å². The van der Waals surface area contributed by atoms with Crippen LogP contribution in [-0.4, -0.2) is 29.4 Å². The van der Waals surface area contributed by atoms with Crippen molar-refractivity contribution in [2.75, 3.05) is 6.54 Å². The van der Waals surface area contributed by atoms with Crippen molar-refractivity contribution in [2.45, 2.75) is 38.8 Å². The van der Waals surface area contributed by atoms with E-state index in [0.717, 1.165) is 17.5 Å². The van der Waals surface area contributed by atoms with Gasteiger partial charge in [-0.25, -0.2) is 4.79 Å². The first-order chi connectivity index (χ1) is 8.92. The summed E-state index contributed by atoms with van der Waals surface area (Å²) in [4.78, 5) is 24.8. The molecule has 0 saturated heterocycles. The van der Waals surface area contributed by atoms with E-state index in [0.29, 0.717) is 6.54 Å². The van der Waals surface area contributed by atoms with Crippen LogP contribution in [0, 0.1) is 0 Å². The Morgan fingerprint density at radius 2 is 2.05 bits per heavy atom. The van der Waals surface area contributed by atoms with Crippen molar-refractivity contribution in [2.24, 2.45) is 0 Å². The van der Waals surface area contributed by atoms with Gasteiger partial charge in [-0.2, -0.15) is 0 Å². The highest BCUT2D eigenvalue weighted by atomic mass is 16.6. The summed E-state index contributed by atoms with van der Waals surface area (Å²) >= 11 is 0. The third-order valence-electron chi connectivity index (χ3n) is 3.02. The summed E-state index contributed by atoms with van der Waals surface area (Å²) in [6, 6.07) is 6.97. The summed E-state index contributed by atoms with van der Waals surface area (Å²) in [5.74, 6) is 0. The lowest BCUT2D eigenvalue weighted by atomic mass is 9.94. The number of ether oxygens (including phenoxy) is 1. The molecule has 1 heterocycles. The second-order valence-electron chi connectivity index (χ2n) is 5.64. The monoisotopic (exact) mass is 260 g/mol. The quantitative estimate of drug-likeness (QED) is 0.779. The van der Waals surface area contributed by atoms with E-state index >= 15 is 0 Å². The third-order valence-corrected chi connectivity index (χ3v) is 3.02. The molecule has 0 spiro atoms. The Hall–Kier alpha value is -1.84. The number of hydrogen-bond acceptors (Lipinski definition) is 3. The zero-order valence-electron chi connectivity index (χ0n) is 11.5. The highest BCUT2D eigenvalue weighted by Crippen LogP contribution is 2.29. The maximum absolute atomic E-state index is 12.1. The first-order valence-electron chi connectivity index (χ1n) is 6.37. The van der Waals surface area contributed by atoms with E-state index in [2.05, 4.69) is 0 Å². The molecule has 4 heteroatoms. The van der Waals surface area contributed by atoms with Crippen molar-refractivity contribution in [3.05, 3.63) is 35.4 Å². The molecule has 0 saturated carbocycles. The molecule has 1 aromatic carbocycles. The molecule has 0 fully saturated rings. The van der Waals surface area contributed by atoms with Gasteiger partial charge in [0.15, 0.2) is 0 Å². The highest BCUT2D eigenvalue weighted by molar-refractivity contribution is 5.76. The Labute approximate surface area is 113 Å². The van der Waals surface area contributed by atoms with Crippen LogP contribution < -0.4 is 0 Å². The predicted octanol–water partition coefficient (Wildman–Crippen LogP) is 2.63. The minimum absolute atomic E-state index is 0.463. The topological polar surface area (TPSA) is 46.6 Å². The van der Waals surface area contributed by atoms with Gasteiger partial charge in [0.05, 0.1) is 0 Å². The normalized spacial score (nSPS) is 18.7. The Kier molecular flexibility index (Phi) is 3.60. The summed E-state index contributed by atoms with van der Waals surface area (Å²) in [5.41, 5.74) is 1.37. The third kappa shape index (κ3) is 2.95. The van der Waals surface area contributed by atoms with Crippen molar-refractivity contribution in [1.82, 2.24) is 4.90 Å². The van der Waals surface area contributed by atoms with Crippen LogP contribution >= 0.6 is 0 Å². The largest absolute Gasteiger partial charge is 0.444 e. The molecule has 1 unspecified atom stereocenters. The van der Waals surface area contributed by atoms with Gasteiger partial charge in [0.25, 0.3) is 0 Å². The number of benzene rings is 1. The maximum Gasteiger partial charge on any atom is 0.411 e. The van der Waals surface area contributed by atoms with Gasteiger partial charge in [-0.15, -0.1) is 0 Å². The van der Waals surface area contributed by atoms with E-state index in [1.54, 1.807) is 0 Å². The number of amides is 1. The molecule has 1 aliphatic rings. The molecule has 1 aromatic rings. The molecule has 1 atom stereocenters. The van der Waals surface area contributed by atoms with Crippen LogP contribution in [0.15, 0.2) is 24.3 Å². The summed E-state index contributed by atoms with van der Waals surface area (Å²) in [6.45, 7) is 5.90. The second-order valence-corrected chi connectivity index (χ2v) is 5.64. The first kappa shape index (κ1) is 13.6. The minimum atomic E-state index is -0.667. The lowest BCUT2D eigenvalue weighted by Crippen LogP contribution is -2.43. The van der Waals surface area contributed by atoms with Crippen molar-refractivity contribution >= 4 is 12.4 Å². The van der Waals surface area contributed by atoms with E-state index in [9.17, 15) is 9.59 Å². The van der Waals surface area contributed by atoms with E-state index in [-0.39, 0.29) is 0 Å². The fourth-order valence-electron chi connectivity index (χ4n) is 2.21. The zero-order valence-corrected chi connectivity index (χ0v) is 11.5. The van der Waals surface area contributed by atoms with Crippen LogP contribution in [0.2, 0.25) is 0 Å². The average molecular weight is 260 g/mol. The molecule has 1 aliphatic heterocycles. The summed E-state index contributed by atoms with van der Waals surface area (Å²) in [5, 5.41) is 0. The number of rotatable bonds is 1. The molecule has 1 amide bonds. The van der Waals surface area contributed by atoms with E-state index in [1.807, 2.05) is 51.3 Å². The molecule has 19 heavy (non-hydrogen) atoms. The number of carbonyl (C=O) groups is 1. The number of nitrogens with zero attached hydrogens (tertiary/aromatic N) is 1. The lowest BCUT2D eigenvalue weighted by Gasteiger charge is -2.34. The van der Waals surface area contributed by atoms with Gasteiger partial charge in [-0.05, 0) is 38.3 Å². The number of carbonyl (C=O) groups excluding carboxylic acids is 2. The number of fused-ring (bicyclic) bond motifs is 1. The van der Waals surface area contributed by atoms with Crippen LogP contribution in [0.1, 0.15) is 37.9 Å². The van der Waals surface area contributed by atoms with Crippen LogP contribution in [0.4, 0.5) is 4.79 Å². The van der Waals surface area contributed by atoms with Gasteiger partial charge in [0.1, 0.15) is 11.6 Å². The second kappa shape index (κ2) is 5.03. The first-order valence-corrected chi connectivity index (χ1v) is 6.37. The van der Waals surface area contributed by atoms with Crippen LogP contribution in [-0.2, 0) is 16.0 Å². The molecule has 0 bridgehead atoms. The Balaban J connectivity index is 2.25. The van der Waals surface area contributed by atoms with E-state index in [4.69, 9.17) is 4.74 Å². The molecule has 2 rings (SSSR count). The van der Waals surface area contributed by atoms with Crippen molar-refractivity contribution in [1.29, 1.82) is 0 Å².